The average Bonchev–Trinajstić information content (AvgIpc) is 2.92. The molecule has 0 aliphatic carbocycles. The van der Waals surface area contributed by atoms with E-state index in [0.29, 0.717) is 43.3 Å². The van der Waals surface area contributed by atoms with Gasteiger partial charge < -0.3 is 14.6 Å². The van der Waals surface area contributed by atoms with Crippen molar-refractivity contribution >= 4 is 11.7 Å². The van der Waals surface area contributed by atoms with Crippen LogP contribution in [0.4, 0.5) is 13.2 Å². The van der Waals surface area contributed by atoms with Gasteiger partial charge in [-0.2, -0.15) is 0 Å². The molecule has 3 rings (SSSR count). The zero-order chi connectivity index (χ0) is 23.5. The summed E-state index contributed by atoms with van der Waals surface area (Å²) in [4.78, 5) is 30.4. The van der Waals surface area contributed by atoms with Gasteiger partial charge in [0.25, 0.3) is 5.91 Å². The van der Waals surface area contributed by atoms with Gasteiger partial charge in [0.05, 0.1) is 31.6 Å². The maximum Gasteiger partial charge on any atom is 0.272 e. The summed E-state index contributed by atoms with van der Waals surface area (Å²) >= 11 is 0. The molecule has 1 atom stereocenters. The van der Waals surface area contributed by atoms with Crippen molar-refractivity contribution in [3.8, 4) is 11.4 Å². The summed E-state index contributed by atoms with van der Waals surface area (Å²) in [6.45, 7) is 6.00. The summed E-state index contributed by atoms with van der Waals surface area (Å²) < 4.78 is 47.1. The number of imidazole rings is 1. The van der Waals surface area contributed by atoms with E-state index < -0.39 is 35.7 Å². The third kappa shape index (κ3) is 5.20. The van der Waals surface area contributed by atoms with Crippen molar-refractivity contribution < 1.29 is 27.5 Å². The number of rotatable bonds is 7. The molecule has 1 aliphatic heterocycles. The third-order valence-corrected chi connectivity index (χ3v) is 5.43. The quantitative estimate of drug-likeness (QED) is 0.694. The molecule has 174 valence electrons. The van der Waals surface area contributed by atoms with Crippen LogP contribution in [0.25, 0.3) is 11.4 Å². The van der Waals surface area contributed by atoms with Gasteiger partial charge in [-0.1, -0.05) is 20.8 Å². The average molecular weight is 451 g/mol. The molecule has 2 aromatic rings. The second-order valence-electron chi connectivity index (χ2n) is 8.90. The van der Waals surface area contributed by atoms with Gasteiger partial charge >= 0.3 is 0 Å². The van der Waals surface area contributed by atoms with Crippen LogP contribution in [0.3, 0.4) is 0 Å². The number of nitrogens with zero attached hydrogens (tertiary/aromatic N) is 2. The summed E-state index contributed by atoms with van der Waals surface area (Å²) in [7, 11) is 0. The lowest BCUT2D eigenvalue weighted by Crippen LogP contribution is -2.49. The topological polar surface area (TPSA) is 73.2 Å². The monoisotopic (exact) mass is 451 g/mol. The van der Waals surface area contributed by atoms with Crippen molar-refractivity contribution in [3.63, 3.8) is 0 Å². The lowest BCUT2D eigenvalue weighted by atomic mass is 9.83. The second kappa shape index (κ2) is 9.85. The summed E-state index contributed by atoms with van der Waals surface area (Å²) in [5.41, 5.74) is 0.454. The Morgan fingerprint density at radius 3 is 2.62 bits per heavy atom. The molecule has 0 spiro atoms. The minimum atomic E-state index is -1.01. The number of ketones is 1. The summed E-state index contributed by atoms with van der Waals surface area (Å²) in [6.07, 6.45) is 0.516. The molecule has 0 radical (unpaired) electrons. The van der Waals surface area contributed by atoms with Gasteiger partial charge in [-0.3, -0.25) is 14.0 Å². The summed E-state index contributed by atoms with van der Waals surface area (Å²) in [6, 6.07) is 2.63. The first-order valence-corrected chi connectivity index (χ1v) is 10.7. The molecule has 32 heavy (non-hydrogen) atoms. The van der Waals surface area contributed by atoms with E-state index in [0.717, 1.165) is 12.1 Å². The van der Waals surface area contributed by atoms with Crippen LogP contribution < -0.4 is 5.32 Å². The molecule has 0 saturated carbocycles. The van der Waals surface area contributed by atoms with Gasteiger partial charge in [0.15, 0.2) is 17.4 Å². The molecule has 0 saturated heterocycles. The lowest BCUT2D eigenvalue weighted by molar-refractivity contribution is -0.123. The fourth-order valence-corrected chi connectivity index (χ4v) is 3.81. The van der Waals surface area contributed by atoms with Crippen molar-refractivity contribution in [2.45, 2.75) is 52.6 Å². The summed E-state index contributed by atoms with van der Waals surface area (Å²) in [5.74, 6) is -2.46. The Bertz CT molecular complexity index is 998. The zero-order valence-corrected chi connectivity index (χ0v) is 18.5. The highest BCUT2D eigenvalue weighted by Gasteiger charge is 2.34. The first-order chi connectivity index (χ1) is 15.1. The van der Waals surface area contributed by atoms with E-state index in [9.17, 15) is 22.8 Å². The number of hydrogen-bond acceptors (Lipinski definition) is 4. The maximum atomic E-state index is 13.9. The molecule has 1 amide bonds. The van der Waals surface area contributed by atoms with Gasteiger partial charge in [0.1, 0.15) is 11.5 Å². The standard InChI is InChI=1S/C23H28F3N3O3/c1-23(2,3)20(18(30)5-4-9-24)28-22(31)19-17-8-11-32-12-10-29(17)21(27-19)14-6-7-15(25)16(26)13-14/h6-7,13,20H,4-5,8-12H2,1-3H3,(H,28,31)/t20-/m1/s1. The molecule has 6 nitrogen and oxygen atoms in total. The molecule has 0 unspecified atom stereocenters. The van der Waals surface area contributed by atoms with Crippen molar-refractivity contribution in [1.82, 2.24) is 14.9 Å². The van der Waals surface area contributed by atoms with E-state index in [1.165, 1.54) is 6.07 Å². The molecule has 0 bridgehead atoms. The van der Waals surface area contributed by atoms with Crippen molar-refractivity contribution in [2.24, 2.45) is 5.41 Å². The highest BCUT2D eigenvalue weighted by molar-refractivity contribution is 5.98. The highest BCUT2D eigenvalue weighted by Crippen LogP contribution is 2.27. The van der Waals surface area contributed by atoms with E-state index in [2.05, 4.69) is 10.3 Å². The predicted octanol–water partition coefficient (Wildman–Crippen LogP) is 3.86. The van der Waals surface area contributed by atoms with E-state index >= 15 is 0 Å². The fourth-order valence-electron chi connectivity index (χ4n) is 3.81. The predicted molar refractivity (Wildman–Crippen MR) is 113 cm³/mol. The van der Waals surface area contributed by atoms with Crippen LogP contribution >= 0.6 is 0 Å². The third-order valence-electron chi connectivity index (χ3n) is 5.43. The molecule has 1 aromatic heterocycles. The smallest absolute Gasteiger partial charge is 0.272 e. The fraction of sp³-hybridized carbons (Fsp3) is 0.522. The van der Waals surface area contributed by atoms with Crippen LogP contribution in [0.1, 0.15) is 49.8 Å². The van der Waals surface area contributed by atoms with Crippen molar-refractivity contribution in [3.05, 3.63) is 41.2 Å². The second-order valence-corrected chi connectivity index (χ2v) is 8.90. The molecule has 0 fully saturated rings. The number of carbonyl (C=O) groups is 2. The number of carbonyl (C=O) groups excluding carboxylic acids is 2. The van der Waals surface area contributed by atoms with E-state index in [4.69, 9.17) is 4.74 Å². The number of hydrogen-bond donors (Lipinski definition) is 1. The Hall–Kier alpha value is -2.68. The Labute approximate surface area is 185 Å². The Kier molecular flexibility index (Phi) is 7.38. The number of aromatic nitrogens is 2. The van der Waals surface area contributed by atoms with Crippen molar-refractivity contribution in [1.29, 1.82) is 0 Å². The van der Waals surface area contributed by atoms with Gasteiger partial charge in [0.2, 0.25) is 0 Å². The minimum absolute atomic E-state index is 0.0218. The van der Waals surface area contributed by atoms with Crippen LogP contribution in [0.5, 0.6) is 0 Å². The van der Waals surface area contributed by atoms with Crippen LogP contribution in [0, 0.1) is 17.0 Å². The number of halogens is 3. The Morgan fingerprint density at radius 2 is 1.97 bits per heavy atom. The van der Waals surface area contributed by atoms with Gasteiger partial charge in [-0.05, 0) is 30.0 Å². The number of benzene rings is 1. The van der Waals surface area contributed by atoms with Crippen LogP contribution in [0.15, 0.2) is 18.2 Å². The Balaban J connectivity index is 1.99. The van der Waals surface area contributed by atoms with Crippen molar-refractivity contribution in [2.75, 3.05) is 19.9 Å². The van der Waals surface area contributed by atoms with Gasteiger partial charge in [-0.25, -0.2) is 13.8 Å². The number of ether oxygens (including phenoxy) is 1. The minimum Gasteiger partial charge on any atom is -0.379 e. The van der Waals surface area contributed by atoms with E-state index in [1.807, 2.05) is 20.8 Å². The number of alkyl halides is 1. The largest absolute Gasteiger partial charge is 0.379 e. The zero-order valence-electron chi connectivity index (χ0n) is 18.5. The molecule has 1 aliphatic rings. The first kappa shape index (κ1) is 24.0. The molecule has 2 heterocycles. The first-order valence-electron chi connectivity index (χ1n) is 10.7. The van der Waals surface area contributed by atoms with E-state index in [-0.39, 0.29) is 24.3 Å². The van der Waals surface area contributed by atoms with Gasteiger partial charge in [0, 0.05) is 24.9 Å². The maximum absolute atomic E-state index is 13.9. The number of fused-ring (bicyclic) bond motifs is 1. The molecular formula is C23H28F3N3O3. The van der Waals surface area contributed by atoms with Crippen LogP contribution in [0.2, 0.25) is 0 Å². The number of amides is 1. The van der Waals surface area contributed by atoms with Crippen LogP contribution in [-0.4, -0.2) is 47.2 Å². The normalized spacial score (nSPS) is 15.1. The van der Waals surface area contributed by atoms with Gasteiger partial charge in [-0.15, -0.1) is 0 Å². The number of Topliss-reactive ketones (excluding diaryl/α,β-unsaturated/α-hetero) is 1. The molecule has 1 N–H and O–H groups in total. The summed E-state index contributed by atoms with van der Waals surface area (Å²) in [5, 5.41) is 2.78. The van der Waals surface area contributed by atoms with Crippen LogP contribution in [-0.2, 0) is 22.5 Å². The highest BCUT2D eigenvalue weighted by atomic mass is 19.2. The van der Waals surface area contributed by atoms with E-state index in [1.54, 1.807) is 4.57 Å². The molecular weight excluding hydrogens is 423 g/mol. The molecule has 1 aromatic carbocycles. The SMILES string of the molecule is CC(C)(C)[C@H](NC(=O)c1nc(-c2ccc(F)c(F)c2)n2c1CCOCC2)C(=O)CCCF. The lowest BCUT2D eigenvalue weighted by Gasteiger charge is -2.30. The Morgan fingerprint density at radius 1 is 1.22 bits per heavy atom. The number of nitrogens with one attached hydrogen (secondary N) is 1. The molecule has 9 heteroatoms.